The molecule has 0 spiro atoms. The second kappa shape index (κ2) is 10.9. The van der Waals surface area contributed by atoms with Gasteiger partial charge in [-0.05, 0) is 43.2 Å². The number of ether oxygens (including phenoxy) is 2. The van der Waals surface area contributed by atoms with Gasteiger partial charge in [0, 0.05) is 43.7 Å². The lowest BCUT2D eigenvalue weighted by molar-refractivity contribution is -0.111. The van der Waals surface area contributed by atoms with Gasteiger partial charge in [0.2, 0.25) is 17.7 Å². The normalized spacial score (nSPS) is 14.6. The number of nitrogens with zero attached hydrogens (tertiary/aromatic N) is 6. The monoisotopic (exact) mass is 515 g/mol. The number of carbonyl (C=O) groups excluding carboxylic acids is 2. The van der Waals surface area contributed by atoms with Gasteiger partial charge in [-0.3, -0.25) is 4.79 Å². The average molecular weight is 516 g/mol. The van der Waals surface area contributed by atoms with E-state index in [-0.39, 0.29) is 18.0 Å². The number of pyridine rings is 1. The van der Waals surface area contributed by atoms with Crippen LogP contribution >= 0.6 is 0 Å². The van der Waals surface area contributed by atoms with E-state index < -0.39 is 0 Å². The highest BCUT2D eigenvalue weighted by Crippen LogP contribution is 2.40. The Balaban J connectivity index is 1.46. The van der Waals surface area contributed by atoms with Crippen LogP contribution in [0.2, 0.25) is 0 Å². The van der Waals surface area contributed by atoms with Gasteiger partial charge in [-0.15, -0.1) is 0 Å². The van der Waals surface area contributed by atoms with Crippen molar-refractivity contribution in [3.8, 4) is 5.88 Å². The number of hydrogen-bond acceptors (Lipinski definition) is 8. The Morgan fingerprint density at radius 2 is 2.05 bits per heavy atom. The van der Waals surface area contributed by atoms with Crippen LogP contribution in [0.5, 0.6) is 5.88 Å². The Kier molecular flexibility index (Phi) is 7.18. The highest BCUT2D eigenvalue weighted by molar-refractivity contribution is 6.03. The molecule has 1 aromatic carbocycles. The van der Waals surface area contributed by atoms with Crippen LogP contribution < -0.4 is 19.9 Å². The van der Waals surface area contributed by atoms with Gasteiger partial charge in [0.25, 0.3) is 0 Å². The van der Waals surface area contributed by atoms with Crippen molar-refractivity contribution in [3.05, 3.63) is 67.0 Å². The number of methoxy groups -OCH3 is 1. The maximum atomic E-state index is 13.7. The average Bonchev–Trinajstić information content (AvgIpc) is 3.78. The highest BCUT2D eigenvalue weighted by Gasteiger charge is 2.41. The molecule has 11 heteroatoms. The second-order valence-electron chi connectivity index (χ2n) is 8.99. The van der Waals surface area contributed by atoms with Crippen molar-refractivity contribution < 1.29 is 19.1 Å². The summed E-state index contributed by atoms with van der Waals surface area (Å²) in [5.41, 5.74) is 2.74. The molecule has 11 nitrogen and oxygen atoms in total. The first-order valence-electron chi connectivity index (χ1n) is 12.3. The number of carbonyl (C=O) groups is 2. The van der Waals surface area contributed by atoms with Crippen molar-refractivity contribution in [2.75, 3.05) is 42.5 Å². The minimum atomic E-state index is -0.331. The summed E-state index contributed by atoms with van der Waals surface area (Å²) in [6.45, 7) is 4.83. The number of anilines is 5. The number of nitrogens with one attached hydrogen (secondary N) is 1. The lowest BCUT2D eigenvalue weighted by atomic mass is 10.1. The third-order valence-corrected chi connectivity index (χ3v) is 6.31. The van der Waals surface area contributed by atoms with E-state index in [1.165, 1.54) is 6.08 Å². The van der Waals surface area contributed by atoms with Gasteiger partial charge in [-0.2, -0.15) is 4.98 Å². The number of aromatic nitrogens is 3. The van der Waals surface area contributed by atoms with E-state index in [1.54, 1.807) is 53.6 Å². The number of urea groups is 1. The molecule has 5 rings (SSSR count). The third kappa shape index (κ3) is 5.28. The number of amides is 3. The predicted octanol–water partition coefficient (Wildman–Crippen LogP) is 4.03. The Hall–Kier alpha value is -4.51. The molecular formula is C27H29N7O4. The topological polar surface area (TPSA) is 113 Å². The summed E-state index contributed by atoms with van der Waals surface area (Å²) >= 11 is 0. The molecule has 0 radical (unpaired) electrons. The Labute approximate surface area is 220 Å². The van der Waals surface area contributed by atoms with Crippen molar-refractivity contribution in [2.45, 2.75) is 25.4 Å². The molecule has 0 saturated heterocycles. The number of fused-ring (bicyclic) bond motifs is 1. The molecular weight excluding hydrogens is 486 g/mol. The van der Waals surface area contributed by atoms with Gasteiger partial charge >= 0.3 is 6.03 Å². The summed E-state index contributed by atoms with van der Waals surface area (Å²) in [7, 11) is 3.45. The smallest absolute Gasteiger partial charge is 0.330 e. The Bertz CT molecular complexity index is 1340. The van der Waals surface area contributed by atoms with Gasteiger partial charge < -0.3 is 24.6 Å². The molecule has 1 aliphatic carbocycles. The van der Waals surface area contributed by atoms with Crippen molar-refractivity contribution in [1.29, 1.82) is 0 Å². The SMILES string of the molecule is C=CC(=O)Nc1cccc(N2C(=O)N(C3CC3)Cc3cnc(N(C)c4ccc(OCCOC)nc4)nc32)c1. The third-order valence-electron chi connectivity index (χ3n) is 6.31. The first kappa shape index (κ1) is 25.2. The summed E-state index contributed by atoms with van der Waals surface area (Å²) in [6, 6.07) is 10.8. The van der Waals surface area contributed by atoms with Crippen molar-refractivity contribution in [1.82, 2.24) is 19.9 Å². The molecule has 1 fully saturated rings. The molecule has 1 saturated carbocycles. The lowest BCUT2D eigenvalue weighted by Crippen LogP contribution is -2.46. The van der Waals surface area contributed by atoms with E-state index in [1.807, 2.05) is 24.1 Å². The first-order valence-corrected chi connectivity index (χ1v) is 12.3. The fourth-order valence-electron chi connectivity index (χ4n) is 4.15. The fraction of sp³-hybridized carbons (Fsp3) is 0.296. The molecule has 0 atom stereocenters. The minimum Gasteiger partial charge on any atom is -0.475 e. The quantitative estimate of drug-likeness (QED) is 0.318. The molecule has 196 valence electrons. The van der Waals surface area contributed by atoms with Gasteiger partial charge in [0.05, 0.1) is 30.7 Å². The molecule has 0 unspecified atom stereocenters. The predicted molar refractivity (Wildman–Crippen MR) is 143 cm³/mol. The van der Waals surface area contributed by atoms with Crippen LogP contribution in [0.3, 0.4) is 0 Å². The highest BCUT2D eigenvalue weighted by atomic mass is 16.5. The van der Waals surface area contributed by atoms with Gasteiger partial charge in [-0.25, -0.2) is 19.7 Å². The van der Waals surface area contributed by atoms with Crippen LogP contribution in [-0.4, -0.2) is 65.2 Å². The van der Waals surface area contributed by atoms with Crippen LogP contribution in [0.15, 0.2) is 61.4 Å². The van der Waals surface area contributed by atoms with Crippen molar-refractivity contribution in [3.63, 3.8) is 0 Å². The van der Waals surface area contributed by atoms with Crippen LogP contribution in [0.1, 0.15) is 18.4 Å². The summed E-state index contributed by atoms with van der Waals surface area (Å²) in [5.74, 6) is 1.07. The second-order valence-corrected chi connectivity index (χ2v) is 8.99. The fourth-order valence-corrected chi connectivity index (χ4v) is 4.15. The molecule has 1 N–H and O–H groups in total. The van der Waals surface area contributed by atoms with Gasteiger partial charge in [0.1, 0.15) is 6.61 Å². The standard InChI is InChI=1S/C27H29N7O4/c1-4-23(35)30-19-6-5-7-21(14-19)34-25-18(17-33(27(34)36)20-8-9-20)15-29-26(31-25)32(2)22-10-11-24(28-16-22)38-13-12-37-3/h4-7,10-11,14-16,20H,1,8-9,12-13,17H2,2-3H3,(H,30,35). The van der Waals surface area contributed by atoms with E-state index >= 15 is 0 Å². The maximum absolute atomic E-state index is 13.7. The number of benzene rings is 1. The van der Waals surface area contributed by atoms with Crippen molar-refractivity contribution in [2.24, 2.45) is 0 Å². The van der Waals surface area contributed by atoms with Crippen LogP contribution in [0.25, 0.3) is 0 Å². The zero-order valence-corrected chi connectivity index (χ0v) is 21.3. The molecule has 0 bridgehead atoms. The van der Waals surface area contributed by atoms with E-state index in [4.69, 9.17) is 14.5 Å². The van der Waals surface area contributed by atoms with E-state index in [0.717, 1.165) is 24.1 Å². The van der Waals surface area contributed by atoms with E-state index in [0.29, 0.717) is 48.8 Å². The molecule has 3 heterocycles. The van der Waals surface area contributed by atoms with E-state index in [9.17, 15) is 9.59 Å². The Morgan fingerprint density at radius 1 is 1.21 bits per heavy atom. The first-order chi connectivity index (χ1) is 18.5. The number of hydrogen-bond donors (Lipinski definition) is 1. The van der Waals surface area contributed by atoms with Gasteiger partial charge in [-0.1, -0.05) is 12.6 Å². The van der Waals surface area contributed by atoms with Crippen molar-refractivity contribution >= 4 is 40.8 Å². The molecule has 3 amide bonds. The molecule has 3 aromatic rings. The lowest BCUT2D eigenvalue weighted by Gasteiger charge is -2.36. The van der Waals surface area contributed by atoms with E-state index in [2.05, 4.69) is 21.9 Å². The van der Waals surface area contributed by atoms with Crippen LogP contribution in [-0.2, 0) is 16.1 Å². The molecule has 2 aliphatic rings. The summed E-state index contributed by atoms with van der Waals surface area (Å²) < 4.78 is 10.5. The van der Waals surface area contributed by atoms with Gasteiger partial charge in [0.15, 0.2) is 5.82 Å². The minimum absolute atomic E-state index is 0.154. The van der Waals surface area contributed by atoms with Crippen LogP contribution in [0, 0.1) is 0 Å². The molecule has 1 aliphatic heterocycles. The number of rotatable bonds is 10. The van der Waals surface area contributed by atoms with Crippen LogP contribution in [0.4, 0.5) is 33.6 Å². The summed E-state index contributed by atoms with van der Waals surface area (Å²) in [6.07, 6.45) is 6.59. The molecule has 38 heavy (non-hydrogen) atoms. The maximum Gasteiger partial charge on any atom is 0.330 e. The molecule has 2 aromatic heterocycles. The zero-order chi connectivity index (χ0) is 26.6. The summed E-state index contributed by atoms with van der Waals surface area (Å²) in [5, 5.41) is 2.75. The largest absolute Gasteiger partial charge is 0.475 e. The summed E-state index contributed by atoms with van der Waals surface area (Å²) in [4.78, 5) is 44.6. The Morgan fingerprint density at radius 3 is 2.76 bits per heavy atom. The zero-order valence-electron chi connectivity index (χ0n) is 21.3.